The summed E-state index contributed by atoms with van der Waals surface area (Å²) in [6.45, 7) is 2.42. The molecule has 144 valence electrons. The molecule has 2 N–H and O–H groups in total. The van der Waals surface area contributed by atoms with Crippen molar-refractivity contribution in [3.05, 3.63) is 75.2 Å². The van der Waals surface area contributed by atoms with E-state index in [0.29, 0.717) is 22.3 Å². The van der Waals surface area contributed by atoms with E-state index in [9.17, 15) is 9.59 Å². The number of carbonyl (C=O) groups is 1. The lowest BCUT2D eigenvalue weighted by atomic mass is 10.1. The first kappa shape index (κ1) is 18.7. The van der Waals surface area contributed by atoms with Crippen LogP contribution in [0.15, 0.2) is 53.3 Å². The number of aromatic amines is 1. The zero-order valence-electron chi connectivity index (χ0n) is 15.3. The Labute approximate surface area is 167 Å². The van der Waals surface area contributed by atoms with Crippen molar-refractivity contribution < 1.29 is 4.79 Å². The summed E-state index contributed by atoms with van der Waals surface area (Å²) in [6, 6.07) is 14.8. The number of halogens is 1. The van der Waals surface area contributed by atoms with Crippen LogP contribution in [-0.4, -0.2) is 40.6 Å². The minimum atomic E-state index is -0.307. The molecule has 0 aliphatic carbocycles. The second-order valence-electron chi connectivity index (χ2n) is 6.97. The quantitative estimate of drug-likeness (QED) is 0.694. The third-order valence-corrected chi connectivity index (χ3v) is 5.42. The van der Waals surface area contributed by atoms with Gasteiger partial charge in [-0.15, -0.1) is 0 Å². The first-order chi connectivity index (χ1) is 13.6. The Hall–Kier alpha value is -2.70. The summed E-state index contributed by atoms with van der Waals surface area (Å²) < 4.78 is 0. The minimum absolute atomic E-state index is 0.0409. The van der Waals surface area contributed by atoms with Crippen molar-refractivity contribution in [2.45, 2.75) is 18.9 Å². The van der Waals surface area contributed by atoms with E-state index in [-0.39, 0.29) is 23.2 Å². The molecule has 2 heterocycles. The summed E-state index contributed by atoms with van der Waals surface area (Å²) in [5.74, 6) is -0.307. The van der Waals surface area contributed by atoms with Gasteiger partial charge >= 0.3 is 0 Å². The second-order valence-corrected chi connectivity index (χ2v) is 7.41. The molecule has 1 atom stereocenters. The molecule has 1 aliphatic rings. The zero-order chi connectivity index (χ0) is 19.5. The number of nitrogens with zero attached hydrogens (tertiary/aromatic N) is 2. The van der Waals surface area contributed by atoms with Crippen LogP contribution >= 0.6 is 11.6 Å². The number of likely N-dealkylation sites (tertiary alicyclic amines) is 1. The van der Waals surface area contributed by atoms with E-state index in [2.05, 4.69) is 20.4 Å². The largest absolute Gasteiger partial charge is 0.349 e. The molecule has 0 radical (unpaired) electrons. The van der Waals surface area contributed by atoms with Gasteiger partial charge in [0.25, 0.3) is 11.5 Å². The molecule has 1 saturated heterocycles. The van der Waals surface area contributed by atoms with Crippen LogP contribution in [0.1, 0.15) is 34.9 Å². The normalized spacial score (nSPS) is 15.6. The predicted molar refractivity (Wildman–Crippen MR) is 110 cm³/mol. The SMILES string of the molecule is O=C(NCC(c1cccc(Cl)c1)N1CCCC1)c1n[nH]c(=O)c2ccccc12. The number of H-pyrrole nitrogens is 1. The van der Waals surface area contributed by atoms with E-state index in [1.807, 2.05) is 24.3 Å². The maximum absolute atomic E-state index is 12.8. The van der Waals surface area contributed by atoms with Crippen LogP contribution in [0.2, 0.25) is 5.02 Å². The highest BCUT2D eigenvalue weighted by Gasteiger charge is 2.25. The Morgan fingerprint density at radius 2 is 1.89 bits per heavy atom. The van der Waals surface area contributed by atoms with Crippen molar-refractivity contribution in [2.75, 3.05) is 19.6 Å². The number of nitrogens with one attached hydrogen (secondary N) is 2. The smallest absolute Gasteiger partial charge is 0.272 e. The highest BCUT2D eigenvalue weighted by Crippen LogP contribution is 2.26. The molecule has 28 heavy (non-hydrogen) atoms. The fourth-order valence-electron chi connectivity index (χ4n) is 3.79. The van der Waals surface area contributed by atoms with Crippen LogP contribution in [-0.2, 0) is 0 Å². The summed E-state index contributed by atoms with van der Waals surface area (Å²) in [6.07, 6.45) is 2.30. The molecule has 0 saturated carbocycles. The number of hydrogen-bond acceptors (Lipinski definition) is 4. The van der Waals surface area contributed by atoms with Crippen LogP contribution in [0.5, 0.6) is 0 Å². The third kappa shape index (κ3) is 3.79. The van der Waals surface area contributed by atoms with E-state index in [1.54, 1.807) is 24.3 Å². The van der Waals surface area contributed by atoms with Gasteiger partial charge in [-0.3, -0.25) is 14.5 Å². The van der Waals surface area contributed by atoms with Crippen LogP contribution in [0.3, 0.4) is 0 Å². The second kappa shape index (κ2) is 8.12. The van der Waals surface area contributed by atoms with Crippen molar-refractivity contribution in [3.8, 4) is 0 Å². The first-order valence-electron chi connectivity index (χ1n) is 9.38. The van der Waals surface area contributed by atoms with Crippen molar-refractivity contribution in [2.24, 2.45) is 0 Å². The molecule has 7 heteroatoms. The van der Waals surface area contributed by atoms with E-state index < -0.39 is 0 Å². The number of rotatable bonds is 5. The summed E-state index contributed by atoms with van der Waals surface area (Å²) in [5, 5.41) is 11.1. The number of benzene rings is 2. The number of aromatic nitrogens is 2. The maximum Gasteiger partial charge on any atom is 0.272 e. The van der Waals surface area contributed by atoms with E-state index >= 15 is 0 Å². The van der Waals surface area contributed by atoms with Gasteiger partial charge in [-0.25, -0.2) is 5.10 Å². The fraction of sp³-hybridized carbons (Fsp3) is 0.286. The molecule has 1 unspecified atom stereocenters. The molecule has 1 aliphatic heterocycles. The number of carbonyl (C=O) groups excluding carboxylic acids is 1. The van der Waals surface area contributed by atoms with Crippen LogP contribution in [0.25, 0.3) is 10.8 Å². The lowest BCUT2D eigenvalue weighted by molar-refractivity contribution is 0.0933. The van der Waals surface area contributed by atoms with Gasteiger partial charge in [0, 0.05) is 17.0 Å². The molecule has 3 aromatic rings. The molecule has 1 aromatic heterocycles. The van der Waals surface area contributed by atoms with Gasteiger partial charge < -0.3 is 5.32 Å². The van der Waals surface area contributed by atoms with E-state index in [4.69, 9.17) is 11.6 Å². The lowest BCUT2D eigenvalue weighted by Gasteiger charge is -2.28. The van der Waals surface area contributed by atoms with Crippen LogP contribution in [0.4, 0.5) is 0 Å². The summed E-state index contributed by atoms with van der Waals surface area (Å²) in [7, 11) is 0. The Morgan fingerprint density at radius 1 is 1.14 bits per heavy atom. The molecular weight excluding hydrogens is 376 g/mol. The van der Waals surface area contributed by atoms with Gasteiger partial charge in [-0.2, -0.15) is 5.10 Å². The first-order valence-corrected chi connectivity index (χ1v) is 9.76. The maximum atomic E-state index is 12.8. The molecule has 6 nitrogen and oxygen atoms in total. The number of hydrogen-bond donors (Lipinski definition) is 2. The Bertz CT molecular complexity index is 1060. The third-order valence-electron chi connectivity index (χ3n) is 5.18. The zero-order valence-corrected chi connectivity index (χ0v) is 16.1. The van der Waals surface area contributed by atoms with Gasteiger partial charge in [-0.05, 0) is 49.7 Å². The molecule has 2 aromatic carbocycles. The predicted octanol–water partition coefficient (Wildman–Crippen LogP) is 3.14. The van der Waals surface area contributed by atoms with Crippen molar-refractivity contribution in [1.29, 1.82) is 0 Å². The summed E-state index contributed by atoms with van der Waals surface area (Å²) >= 11 is 6.18. The molecule has 4 rings (SSSR count). The average molecular weight is 397 g/mol. The van der Waals surface area contributed by atoms with Gasteiger partial charge in [0.15, 0.2) is 5.69 Å². The van der Waals surface area contributed by atoms with E-state index in [0.717, 1.165) is 31.5 Å². The molecule has 0 spiro atoms. The summed E-state index contributed by atoms with van der Waals surface area (Å²) in [4.78, 5) is 27.2. The van der Waals surface area contributed by atoms with Crippen LogP contribution in [0, 0.1) is 0 Å². The Morgan fingerprint density at radius 3 is 2.64 bits per heavy atom. The fourth-order valence-corrected chi connectivity index (χ4v) is 3.98. The van der Waals surface area contributed by atoms with Crippen molar-refractivity contribution in [1.82, 2.24) is 20.4 Å². The molecular formula is C21H21ClN4O2. The molecule has 0 bridgehead atoms. The Kier molecular flexibility index (Phi) is 5.41. The highest BCUT2D eigenvalue weighted by molar-refractivity contribution is 6.30. The number of fused-ring (bicyclic) bond motifs is 1. The highest BCUT2D eigenvalue weighted by atomic mass is 35.5. The standard InChI is InChI=1S/C21H21ClN4O2/c22-15-7-5-6-14(12-15)18(26-10-3-4-11-26)13-23-21(28)19-16-8-1-2-9-17(16)20(27)25-24-19/h1-2,5-9,12,18H,3-4,10-11,13H2,(H,23,28)(H,25,27). The molecule has 1 amide bonds. The molecule has 1 fully saturated rings. The Balaban J connectivity index is 1.58. The average Bonchev–Trinajstić information content (AvgIpc) is 3.23. The lowest BCUT2D eigenvalue weighted by Crippen LogP contribution is -2.37. The van der Waals surface area contributed by atoms with Gasteiger partial charge in [-0.1, -0.05) is 41.9 Å². The van der Waals surface area contributed by atoms with Gasteiger partial charge in [0.1, 0.15) is 0 Å². The topological polar surface area (TPSA) is 78.1 Å². The minimum Gasteiger partial charge on any atom is -0.349 e. The van der Waals surface area contributed by atoms with Crippen molar-refractivity contribution in [3.63, 3.8) is 0 Å². The van der Waals surface area contributed by atoms with Crippen LogP contribution < -0.4 is 10.9 Å². The van der Waals surface area contributed by atoms with Crippen molar-refractivity contribution >= 4 is 28.3 Å². The summed E-state index contributed by atoms with van der Waals surface area (Å²) in [5.41, 5.74) is 0.997. The van der Waals surface area contributed by atoms with E-state index in [1.165, 1.54) is 0 Å². The number of amides is 1. The van der Waals surface area contributed by atoms with Gasteiger partial charge in [0.2, 0.25) is 0 Å². The monoisotopic (exact) mass is 396 g/mol. The van der Waals surface area contributed by atoms with Gasteiger partial charge in [0.05, 0.1) is 11.4 Å².